The highest BCUT2D eigenvalue weighted by Gasteiger charge is 2.17. The van der Waals surface area contributed by atoms with Crippen LogP contribution in [0.4, 0.5) is 0 Å². The van der Waals surface area contributed by atoms with E-state index >= 15 is 0 Å². The van der Waals surface area contributed by atoms with Crippen LogP contribution in [-0.4, -0.2) is 19.5 Å². The van der Waals surface area contributed by atoms with Gasteiger partial charge >= 0.3 is 0 Å². The highest BCUT2D eigenvalue weighted by molar-refractivity contribution is 6.13. The van der Waals surface area contributed by atoms with E-state index in [1.165, 1.54) is 43.7 Å². The largest absolute Gasteiger partial charge is 0.309 e. The van der Waals surface area contributed by atoms with Crippen molar-refractivity contribution in [3.8, 4) is 62.1 Å². The number of benzene rings is 9. The molecule has 2 aromatic heterocycles. The average Bonchev–Trinajstić information content (AvgIpc) is 3.63. The molecule has 4 nitrogen and oxygen atoms in total. The molecular formula is C53H34N4. The molecule has 0 bridgehead atoms. The van der Waals surface area contributed by atoms with Crippen LogP contribution in [0.5, 0.6) is 0 Å². The molecule has 0 fully saturated rings. The lowest BCUT2D eigenvalue weighted by Crippen LogP contribution is -2.00. The first kappa shape index (κ1) is 32.7. The van der Waals surface area contributed by atoms with Crippen molar-refractivity contribution < 1.29 is 0 Å². The van der Waals surface area contributed by atoms with Crippen LogP contribution in [0, 0.1) is 0 Å². The molecule has 0 unspecified atom stereocenters. The first-order valence-electron chi connectivity index (χ1n) is 19.3. The summed E-state index contributed by atoms with van der Waals surface area (Å²) in [5.74, 6) is 1.92. The second-order valence-electron chi connectivity index (χ2n) is 14.5. The molecule has 0 spiro atoms. The molecule has 2 heterocycles. The standard InChI is InChI=1S/C53H34N4/c1-2-14-38(15-3-1)46-21-11-22-48-47-20-8-9-23-49(47)57(50(46)48)45-19-10-18-42(34-45)37-24-28-39(29-25-37)51-54-52(43-30-26-35-12-4-6-16-40(35)32-43)56-53(55-51)44-31-27-36-13-5-7-17-41(36)33-44/h1-34H. The first-order chi connectivity index (χ1) is 28.2. The van der Waals surface area contributed by atoms with E-state index in [2.05, 4.69) is 211 Å². The SMILES string of the molecule is c1ccc(-c2cccc3c4ccccc4n(-c4cccc(-c5ccc(-c6nc(-c7ccc8ccccc8c7)nc(-c7ccc8ccccc8c7)n6)cc5)c4)c23)cc1. The Morgan fingerprint density at radius 1 is 0.298 bits per heavy atom. The Balaban J connectivity index is 1.01. The van der Waals surface area contributed by atoms with Crippen molar-refractivity contribution in [3.05, 3.63) is 206 Å². The minimum Gasteiger partial charge on any atom is -0.309 e. The lowest BCUT2D eigenvalue weighted by atomic mass is 10.0. The van der Waals surface area contributed by atoms with Gasteiger partial charge in [-0.05, 0) is 68.6 Å². The van der Waals surface area contributed by atoms with Gasteiger partial charge in [-0.25, -0.2) is 15.0 Å². The van der Waals surface area contributed by atoms with Crippen LogP contribution in [0.15, 0.2) is 206 Å². The molecule has 57 heavy (non-hydrogen) atoms. The number of para-hydroxylation sites is 2. The van der Waals surface area contributed by atoms with E-state index in [4.69, 9.17) is 15.0 Å². The van der Waals surface area contributed by atoms with Gasteiger partial charge in [-0.15, -0.1) is 0 Å². The molecule has 0 aliphatic carbocycles. The second-order valence-corrected chi connectivity index (χ2v) is 14.5. The number of hydrogen-bond donors (Lipinski definition) is 0. The fourth-order valence-electron chi connectivity index (χ4n) is 8.19. The number of rotatable bonds is 6. The number of nitrogens with zero attached hydrogens (tertiary/aromatic N) is 4. The van der Waals surface area contributed by atoms with Crippen molar-refractivity contribution >= 4 is 43.4 Å². The summed E-state index contributed by atoms with van der Waals surface area (Å²) in [5, 5.41) is 7.13. The van der Waals surface area contributed by atoms with E-state index < -0.39 is 0 Å². The summed E-state index contributed by atoms with van der Waals surface area (Å²) in [5.41, 5.74) is 11.0. The van der Waals surface area contributed by atoms with Gasteiger partial charge in [0.25, 0.3) is 0 Å². The normalized spacial score (nSPS) is 11.5. The lowest BCUT2D eigenvalue weighted by molar-refractivity contribution is 1.08. The smallest absolute Gasteiger partial charge is 0.164 e. The van der Waals surface area contributed by atoms with Crippen molar-refractivity contribution in [3.63, 3.8) is 0 Å². The molecule has 11 aromatic rings. The predicted molar refractivity (Wildman–Crippen MR) is 236 cm³/mol. The monoisotopic (exact) mass is 726 g/mol. The molecule has 0 saturated heterocycles. The fourth-order valence-corrected chi connectivity index (χ4v) is 8.19. The molecule has 9 aromatic carbocycles. The Labute approximate surface area is 330 Å². The maximum absolute atomic E-state index is 5.08. The van der Waals surface area contributed by atoms with Crippen LogP contribution < -0.4 is 0 Å². The van der Waals surface area contributed by atoms with Gasteiger partial charge in [0.05, 0.1) is 11.0 Å². The number of hydrogen-bond acceptors (Lipinski definition) is 3. The maximum Gasteiger partial charge on any atom is 0.164 e. The third-order valence-corrected chi connectivity index (χ3v) is 11.0. The van der Waals surface area contributed by atoms with Gasteiger partial charge in [0, 0.05) is 38.7 Å². The van der Waals surface area contributed by atoms with E-state index in [1.807, 2.05) is 0 Å². The Kier molecular flexibility index (Phi) is 7.78. The van der Waals surface area contributed by atoms with Crippen LogP contribution in [0.25, 0.3) is 105 Å². The van der Waals surface area contributed by atoms with Crippen molar-refractivity contribution in [2.75, 3.05) is 0 Å². The molecule has 266 valence electrons. The Morgan fingerprint density at radius 3 is 1.49 bits per heavy atom. The van der Waals surface area contributed by atoms with Crippen LogP contribution in [-0.2, 0) is 0 Å². The third-order valence-electron chi connectivity index (χ3n) is 11.0. The molecule has 0 amide bonds. The highest BCUT2D eigenvalue weighted by Crippen LogP contribution is 2.39. The minimum atomic E-state index is 0.635. The topological polar surface area (TPSA) is 43.6 Å². The van der Waals surface area contributed by atoms with Crippen LogP contribution in [0.3, 0.4) is 0 Å². The van der Waals surface area contributed by atoms with Gasteiger partial charge in [0.1, 0.15) is 0 Å². The van der Waals surface area contributed by atoms with Crippen LogP contribution in [0.1, 0.15) is 0 Å². The molecule has 0 radical (unpaired) electrons. The Morgan fingerprint density at radius 2 is 0.807 bits per heavy atom. The molecule has 0 N–H and O–H groups in total. The summed E-state index contributed by atoms with van der Waals surface area (Å²) in [4.78, 5) is 15.2. The molecule has 0 aliphatic rings. The molecule has 0 aliphatic heterocycles. The van der Waals surface area contributed by atoms with E-state index in [0.717, 1.165) is 44.3 Å². The fraction of sp³-hybridized carbons (Fsp3) is 0. The number of fused-ring (bicyclic) bond motifs is 5. The zero-order valence-electron chi connectivity index (χ0n) is 30.9. The zero-order chi connectivity index (χ0) is 37.7. The van der Waals surface area contributed by atoms with E-state index in [-0.39, 0.29) is 0 Å². The zero-order valence-corrected chi connectivity index (χ0v) is 30.9. The first-order valence-corrected chi connectivity index (χ1v) is 19.3. The summed E-state index contributed by atoms with van der Waals surface area (Å²) in [6, 6.07) is 73.0. The van der Waals surface area contributed by atoms with Crippen molar-refractivity contribution in [2.45, 2.75) is 0 Å². The van der Waals surface area contributed by atoms with Gasteiger partial charge in [-0.1, -0.05) is 176 Å². The van der Waals surface area contributed by atoms with E-state index in [9.17, 15) is 0 Å². The molecule has 0 saturated carbocycles. The Hall–Kier alpha value is -7.69. The van der Waals surface area contributed by atoms with Crippen molar-refractivity contribution in [1.82, 2.24) is 19.5 Å². The van der Waals surface area contributed by atoms with Gasteiger partial charge in [0.15, 0.2) is 17.5 Å². The van der Waals surface area contributed by atoms with Crippen molar-refractivity contribution in [2.24, 2.45) is 0 Å². The summed E-state index contributed by atoms with van der Waals surface area (Å²) in [6.07, 6.45) is 0. The highest BCUT2D eigenvalue weighted by atomic mass is 15.0. The van der Waals surface area contributed by atoms with Gasteiger partial charge in [-0.2, -0.15) is 0 Å². The quantitative estimate of drug-likeness (QED) is 0.171. The summed E-state index contributed by atoms with van der Waals surface area (Å²) in [6.45, 7) is 0. The van der Waals surface area contributed by atoms with Gasteiger partial charge in [-0.3, -0.25) is 0 Å². The predicted octanol–water partition coefficient (Wildman–Crippen LogP) is 13.6. The number of aromatic nitrogens is 4. The summed E-state index contributed by atoms with van der Waals surface area (Å²) >= 11 is 0. The summed E-state index contributed by atoms with van der Waals surface area (Å²) < 4.78 is 2.41. The minimum absolute atomic E-state index is 0.635. The molecule has 0 atom stereocenters. The van der Waals surface area contributed by atoms with Gasteiger partial charge < -0.3 is 4.57 Å². The van der Waals surface area contributed by atoms with Crippen LogP contribution >= 0.6 is 0 Å². The molecule has 4 heteroatoms. The Bertz CT molecular complexity index is 3190. The van der Waals surface area contributed by atoms with Crippen LogP contribution in [0.2, 0.25) is 0 Å². The summed E-state index contributed by atoms with van der Waals surface area (Å²) in [7, 11) is 0. The van der Waals surface area contributed by atoms with E-state index in [0.29, 0.717) is 17.5 Å². The van der Waals surface area contributed by atoms with Gasteiger partial charge in [0.2, 0.25) is 0 Å². The average molecular weight is 727 g/mol. The third kappa shape index (κ3) is 5.83. The maximum atomic E-state index is 5.08. The van der Waals surface area contributed by atoms with Crippen molar-refractivity contribution in [1.29, 1.82) is 0 Å². The molecule has 11 rings (SSSR count). The van der Waals surface area contributed by atoms with E-state index in [1.54, 1.807) is 0 Å². The lowest BCUT2D eigenvalue weighted by Gasteiger charge is -2.13. The second kappa shape index (κ2) is 13.6. The molecular weight excluding hydrogens is 693 g/mol.